The Labute approximate surface area is 111 Å². The third-order valence-corrected chi connectivity index (χ3v) is 4.35. The van der Waals surface area contributed by atoms with Gasteiger partial charge in [0.2, 0.25) is 0 Å². The molecule has 3 rings (SSSR count). The molecule has 2 atom stereocenters. The van der Waals surface area contributed by atoms with Gasteiger partial charge in [0.1, 0.15) is 6.10 Å². The lowest BCUT2D eigenvalue weighted by Crippen LogP contribution is -2.39. The van der Waals surface area contributed by atoms with Crippen LogP contribution in [-0.2, 0) is 9.47 Å². The molecule has 1 aromatic carbocycles. The summed E-state index contributed by atoms with van der Waals surface area (Å²) in [7, 11) is 1.98. The summed E-state index contributed by atoms with van der Waals surface area (Å²) in [5.41, 5.74) is 1.31. The Bertz CT molecular complexity index is 519. The highest BCUT2D eigenvalue weighted by molar-refractivity contribution is 7.17. The number of thiophene rings is 1. The average molecular weight is 263 g/mol. The highest BCUT2D eigenvalue weighted by Crippen LogP contribution is 2.32. The molecule has 2 heterocycles. The van der Waals surface area contributed by atoms with Crippen molar-refractivity contribution < 1.29 is 9.47 Å². The van der Waals surface area contributed by atoms with Crippen LogP contribution in [0.4, 0.5) is 0 Å². The van der Waals surface area contributed by atoms with Crippen LogP contribution in [0.3, 0.4) is 0 Å². The number of likely N-dealkylation sites (N-methyl/N-ethyl adjacent to an activating group) is 1. The maximum atomic E-state index is 5.82. The molecule has 1 saturated heterocycles. The highest BCUT2D eigenvalue weighted by atomic mass is 32.1. The van der Waals surface area contributed by atoms with Crippen LogP contribution >= 0.6 is 11.3 Å². The maximum Gasteiger partial charge on any atom is 0.100 e. The summed E-state index contributed by atoms with van der Waals surface area (Å²) in [6.07, 6.45) is 0.0988. The molecule has 0 bridgehead atoms. The lowest BCUT2D eigenvalue weighted by atomic mass is 10.0. The second kappa shape index (κ2) is 5.36. The lowest BCUT2D eigenvalue weighted by molar-refractivity contribution is -0.101. The standard InChI is InChI=1S/C14H17NO2S/c1-15-14(12-8-16-6-7-17-12)11-9-18-13-5-3-2-4-10(11)13/h2-5,9,12,14-15H,6-8H2,1H3. The van der Waals surface area contributed by atoms with Crippen molar-refractivity contribution in [1.82, 2.24) is 5.32 Å². The third-order valence-electron chi connectivity index (χ3n) is 3.37. The van der Waals surface area contributed by atoms with Crippen molar-refractivity contribution in [3.63, 3.8) is 0 Å². The molecule has 4 heteroatoms. The van der Waals surface area contributed by atoms with Crippen LogP contribution in [0.5, 0.6) is 0 Å². The summed E-state index contributed by atoms with van der Waals surface area (Å²) in [5, 5.41) is 6.91. The molecular weight excluding hydrogens is 246 g/mol. The van der Waals surface area contributed by atoms with Crippen molar-refractivity contribution >= 4 is 21.4 Å². The molecule has 2 unspecified atom stereocenters. The van der Waals surface area contributed by atoms with E-state index in [1.54, 1.807) is 11.3 Å². The van der Waals surface area contributed by atoms with Crippen molar-refractivity contribution in [2.45, 2.75) is 12.1 Å². The predicted molar refractivity (Wildman–Crippen MR) is 74.2 cm³/mol. The zero-order valence-corrected chi connectivity index (χ0v) is 11.2. The van der Waals surface area contributed by atoms with Gasteiger partial charge in [-0.15, -0.1) is 11.3 Å². The van der Waals surface area contributed by atoms with Crippen LogP contribution in [0.15, 0.2) is 29.6 Å². The van der Waals surface area contributed by atoms with Gasteiger partial charge in [-0.05, 0) is 29.4 Å². The topological polar surface area (TPSA) is 30.5 Å². The molecule has 18 heavy (non-hydrogen) atoms. The summed E-state index contributed by atoms with van der Waals surface area (Å²) < 4.78 is 12.7. The maximum absolute atomic E-state index is 5.82. The van der Waals surface area contributed by atoms with Crippen molar-refractivity contribution in [3.05, 3.63) is 35.2 Å². The molecule has 3 nitrogen and oxygen atoms in total. The average Bonchev–Trinajstić information content (AvgIpc) is 2.85. The molecule has 1 aliphatic rings. The van der Waals surface area contributed by atoms with E-state index in [1.807, 2.05) is 7.05 Å². The van der Waals surface area contributed by atoms with E-state index in [9.17, 15) is 0 Å². The van der Waals surface area contributed by atoms with Gasteiger partial charge in [0.25, 0.3) is 0 Å². The van der Waals surface area contributed by atoms with Gasteiger partial charge in [0.05, 0.1) is 25.9 Å². The summed E-state index contributed by atoms with van der Waals surface area (Å²) in [4.78, 5) is 0. The first-order valence-electron chi connectivity index (χ1n) is 6.23. The molecule has 0 spiro atoms. The van der Waals surface area contributed by atoms with Crippen LogP contribution in [0.1, 0.15) is 11.6 Å². The first kappa shape index (κ1) is 12.1. The van der Waals surface area contributed by atoms with E-state index in [-0.39, 0.29) is 12.1 Å². The van der Waals surface area contributed by atoms with Crippen LogP contribution in [-0.4, -0.2) is 33.0 Å². The predicted octanol–water partition coefficient (Wildman–Crippen LogP) is 2.58. The van der Waals surface area contributed by atoms with Crippen LogP contribution in [0.2, 0.25) is 0 Å². The zero-order chi connectivity index (χ0) is 12.4. The smallest absolute Gasteiger partial charge is 0.100 e. The number of benzene rings is 1. The number of fused-ring (bicyclic) bond motifs is 1. The Hall–Kier alpha value is -0.940. The second-order valence-electron chi connectivity index (χ2n) is 4.44. The Kier molecular flexibility index (Phi) is 3.61. The molecular formula is C14H17NO2S. The van der Waals surface area contributed by atoms with Gasteiger partial charge in [0, 0.05) is 4.70 Å². The fourth-order valence-corrected chi connectivity index (χ4v) is 3.48. The molecule has 1 fully saturated rings. The van der Waals surface area contributed by atoms with Gasteiger partial charge in [-0.1, -0.05) is 18.2 Å². The summed E-state index contributed by atoms with van der Waals surface area (Å²) >= 11 is 1.79. The Morgan fingerprint density at radius 2 is 2.22 bits per heavy atom. The van der Waals surface area contributed by atoms with E-state index >= 15 is 0 Å². The fourth-order valence-electron chi connectivity index (χ4n) is 2.48. The summed E-state index contributed by atoms with van der Waals surface area (Å²) in [5.74, 6) is 0. The minimum atomic E-state index is 0.0988. The minimum absolute atomic E-state index is 0.0988. The Balaban J connectivity index is 1.95. The SMILES string of the molecule is CNC(c1csc2ccccc12)C1COCCO1. The first-order valence-corrected chi connectivity index (χ1v) is 7.11. The second-order valence-corrected chi connectivity index (χ2v) is 5.35. The van der Waals surface area contributed by atoms with Gasteiger partial charge < -0.3 is 14.8 Å². The van der Waals surface area contributed by atoms with Crippen molar-refractivity contribution in [3.8, 4) is 0 Å². The number of hydrogen-bond acceptors (Lipinski definition) is 4. The molecule has 0 radical (unpaired) electrons. The van der Waals surface area contributed by atoms with Gasteiger partial charge in [-0.2, -0.15) is 0 Å². The molecule has 1 aliphatic heterocycles. The third kappa shape index (κ3) is 2.17. The number of hydrogen-bond donors (Lipinski definition) is 1. The normalized spacial score (nSPS) is 22.2. The molecule has 0 amide bonds. The number of rotatable bonds is 3. The first-order chi connectivity index (χ1) is 8.90. The van der Waals surface area contributed by atoms with E-state index in [1.165, 1.54) is 15.6 Å². The number of ether oxygens (including phenoxy) is 2. The highest BCUT2D eigenvalue weighted by Gasteiger charge is 2.27. The lowest BCUT2D eigenvalue weighted by Gasteiger charge is -2.30. The van der Waals surface area contributed by atoms with Gasteiger partial charge >= 0.3 is 0 Å². The molecule has 1 aromatic heterocycles. The van der Waals surface area contributed by atoms with E-state index in [0.29, 0.717) is 19.8 Å². The van der Waals surface area contributed by atoms with Crippen molar-refractivity contribution in [1.29, 1.82) is 0 Å². The van der Waals surface area contributed by atoms with Crippen LogP contribution in [0.25, 0.3) is 10.1 Å². The van der Waals surface area contributed by atoms with E-state index in [2.05, 4.69) is 35.0 Å². The monoisotopic (exact) mass is 263 g/mol. The van der Waals surface area contributed by atoms with Gasteiger partial charge in [0.15, 0.2) is 0 Å². The van der Waals surface area contributed by atoms with E-state index < -0.39 is 0 Å². The van der Waals surface area contributed by atoms with Crippen LogP contribution in [0, 0.1) is 0 Å². The van der Waals surface area contributed by atoms with Crippen LogP contribution < -0.4 is 5.32 Å². The number of nitrogens with one attached hydrogen (secondary N) is 1. The molecule has 96 valence electrons. The Morgan fingerprint density at radius 1 is 1.33 bits per heavy atom. The summed E-state index contributed by atoms with van der Waals surface area (Å²) in [6, 6.07) is 8.70. The van der Waals surface area contributed by atoms with Gasteiger partial charge in [-0.25, -0.2) is 0 Å². The minimum Gasteiger partial charge on any atom is -0.376 e. The largest absolute Gasteiger partial charge is 0.376 e. The molecule has 2 aromatic rings. The Morgan fingerprint density at radius 3 is 3.00 bits per heavy atom. The molecule has 1 N–H and O–H groups in total. The summed E-state index contributed by atoms with van der Waals surface area (Å²) in [6.45, 7) is 2.05. The molecule has 0 saturated carbocycles. The zero-order valence-electron chi connectivity index (χ0n) is 10.4. The van der Waals surface area contributed by atoms with Gasteiger partial charge in [-0.3, -0.25) is 0 Å². The molecule has 0 aliphatic carbocycles. The quantitative estimate of drug-likeness (QED) is 0.923. The fraction of sp³-hybridized carbons (Fsp3) is 0.429. The van der Waals surface area contributed by atoms with Crippen molar-refractivity contribution in [2.24, 2.45) is 0 Å². The van der Waals surface area contributed by atoms with E-state index in [0.717, 1.165) is 0 Å². The van der Waals surface area contributed by atoms with Crippen molar-refractivity contribution in [2.75, 3.05) is 26.9 Å². The van der Waals surface area contributed by atoms with E-state index in [4.69, 9.17) is 9.47 Å².